The van der Waals surface area contributed by atoms with Crippen molar-refractivity contribution in [3.05, 3.63) is 21.9 Å². The van der Waals surface area contributed by atoms with Gasteiger partial charge in [-0.25, -0.2) is 0 Å². The summed E-state index contributed by atoms with van der Waals surface area (Å²) in [6.45, 7) is 4.11. The fraction of sp³-hybridized carbons (Fsp3) is 0.500. The zero-order chi connectivity index (χ0) is 9.84. The van der Waals surface area contributed by atoms with Crippen molar-refractivity contribution < 1.29 is 9.53 Å². The van der Waals surface area contributed by atoms with Crippen LogP contribution in [0.25, 0.3) is 0 Å². The van der Waals surface area contributed by atoms with Crippen LogP contribution in [0.1, 0.15) is 29.0 Å². The Morgan fingerprint density at radius 2 is 2.31 bits per heavy atom. The van der Waals surface area contributed by atoms with Crippen molar-refractivity contribution in [1.29, 1.82) is 0 Å². The summed E-state index contributed by atoms with van der Waals surface area (Å²) < 4.78 is 4.61. The van der Waals surface area contributed by atoms with Crippen LogP contribution in [0, 0.1) is 6.92 Å². The van der Waals surface area contributed by atoms with E-state index < -0.39 is 0 Å². The molecule has 1 aromatic heterocycles. The topological polar surface area (TPSA) is 26.3 Å². The summed E-state index contributed by atoms with van der Waals surface area (Å²) in [5.41, 5.74) is 0. The highest BCUT2D eigenvalue weighted by Gasteiger charge is 2.12. The predicted molar refractivity (Wildman–Crippen MR) is 54.1 cm³/mol. The molecule has 0 bridgehead atoms. The van der Waals surface area contributed by atoms with Crippen molar-refractivity contribution in [3.8, 4) is 0 Å². The second-order valence-electron chi connectivity index (χ2n) is 3.13. The minimum Gasteiger partial charge on any atom is -0.469 e. The third-order valence-electron chi connectivity index (χ3n) is 1.95. The molecule has 1 aromatic rings. The summed E-state index contributed by atoms with van der Waals surface area (Å²) in [5.74, 6) is 0.129. The van der Waals surface area contributed by atoms with Gasteiger partial charge in [0.1, 0.15) is 0 Å². The molecule has 0 saturated carbocycles. The van der Waals surface area contributed by atoms with Crippen molar-refractivity contribution in [1.82, 2.24) is 0 Å². The normalized spacial score (nSPS) is 12.5. The summed E-state index contributed by atoms with van der Waals surface area (Å²) in [4.78, 5) is 13.5. The Labute approximate surface area is 82.5 Å². The van der Waals surface area contributed by atoms with E-state index in [0.29, 0.717) is 6.42 Å². The lowest BCUT2D eigenvalue weighted by molar-refractivity contribution is -0.140. The molecular weight excluding hydrogens is 184 g/mol. The molecule has 72 valence electrons. The molecule has 1 rings (SSSR count). The van der Waals surface area contributed by atoms with Gasteiger partial charge in [-0.1, -0.05) is 6.92 Å². The fourth-order valence-corrected chi connectivity index (χ4v) is 2.08. The van der Waals surface area contributed by atoms with Gasteiger partial charge in [0.15, 0.2) is 0 Å². The van der Waals surface area contributed by atoms with Crippen molar-refractivity contribution in [2.45, 2.75) is 26.2 Å². The highest BCUT2D eigenvalue weighted by molar-refractivity contribution is 7.12. The summed E-state index contributed by atoms with van der Waals surface area (Å²) >= 11 is 1.74. The van der Waals surface area contributed by atoms with Crippen molar-refractivity contribution in [2.75, 3.05) is 7.11 Å². The number of thiophene rings is 1. The van der Waals surface area contributed by atoms with Crippen molar-refractivity contribution >= 4 is 17.3 Å². The maximum absolute atomic E-state index is 11.0. The smallest absolute Gasteiger partial charge is 0.306 e. The third kappa shape index (κ3) is 2.84. The minimum atomic E-state index is -0.140. The Hall–Kier alpha value is -0.830. The Bertz CT molecular complexity index is 291. The van der Waals surface area contributed by atoms with Crippen LogP contribution in [0.3, 0.4) is 0 Å². The Morgan fingerprint density at radius 1 is 1.62 bits per heavy atom. The van der Waals surface area contributed by atoms with Gasteiger partial charge < -0.3 is 4.74 Å². The molecule has 13 heavy (non-hydrogen) atoms. The van der Waals surface area contributed by atoms with E-state index >= 15 is 0 Å². The predicted octanol–water partition coefficient (Wildman–Crippen LogP) is 2.72. The summed E-state index contributed by atoms with van der Waals surface area (Å²) in [6.07, 6.45) is 0.469. The van der Waals surface area contributed by atoms with Gasteiger partial charge in [-0.3, -0.25) is 4.79 Å². The summed E-state index contributed by atoms with van der Waals surface area (Å²) in [6, 6.07) is 4.15. The second-order valence-corrected chi connectivity index (χ2v) is 4.45. The molecule has 0 fully saturated rings. The first-order valence-electron chi connectivity index (χ1n) is 4.26. The number of hydrogen-bond acceptors (Lipinski definition) is 3. The number of ether oxygens (including phenoxy) is 1. The van der Waals surface area contributed by atoms with Crippen LogP contribution in [-0.4, -0.2) is 13.1 Å². The molecule has 2 nitrogen and oxygen atoms in total. The zero-order valence-electron chi connectivity index (χ0n) is 8.16. The molecule has 0 aliphatic heterocycles. The highest BCUT2D eigenvalue weighted by atomic mass is 32.1. The van der Waals surface area contributed by atoms with Crippen LogP contribution in [0.5, 0.6) is 0 Å². The molecule has 1 unspecified atom stereocenters. The van der Waals surface area contributed by atoms with E-state index in [-0.39, 0.29) is 11.9 Å². The van der Waals surface area contributed by atoms with Gasteiger partial charge in [0.2, 0.25) is 0 Å². The van der Waals surface area contributed by atoms with E-state index in [9.17, 15) is 4.79 Å². The van der Waals surface area contributed by atoms with Crippen LogP contribution in [0.4, 0.5) is 0 Å². The molecule has 0 aliphatic rings. The van der Waals surface area contributed by atoms with Gasteiger partial charge in [-0.15, -0.1) is 11.3 Å². The number of methoxy groups -OCH3 is 1. The Kier molecular flexibility index (Phi) is 3.48. The molecule has 0 spiro atoms. The second kappa shape index (κ2) is 4.42. The van der Waals surface area contributed by atoms with Gasteiger partial charge in [-0.2, -0.15) is 0 Å². The molecule has 0 amide bonds. The number of rotatable bonds is 3. The molecule has 0 N–H and O–H groups in total. The molecule has 0 aromatic carbocycles. The molecule has 1 heterocycles. The molecule has 3 heteroatoms. The fourth-order valence-electron chi connectivity index (χ4n) is 1.15. The van der Waals surface area contributed by atoms with E-state index in [4.69, 9.17) is 0 Å². The zero-order valence-corrected chi connectivity index (χ0v) is 8.98. The first-order valence-corrected chi connectivity index (χ1v) is 5.08. The molecule has 1 atom stereocenters. The number of carbonyl (C=O) groups is 1. The van der Waals surface area contributed by atoms with E-state index in [1.807, 2.05) is 6.92 Å². The largest absolute Gasteiger partial charge is 0.469 e. The highest BCUT2D eigenvalue weighted by Crippen LogP contribution is 2.26. The van der Waals surface area contributed by atoms with Crippen molar-refractivity contribution in [3.63, 3.8) is 0 Å². The summed E-state index contributed by atoms with van der Waals surface area (Å²) in [5, 5.41) is 0. The van der Waals surface area contributed by atoms with Gasteiger partial charge in [-0.05, 0) is 19.1 Å². The first kappa shape index (κ1) is 10.3. The molecule has 0 aliphatic carbocycles. The Balaban J connectivity index is 2.58. The standard InChI is InChI=1S/C10H14O2S/c1-7(6-10(11)12-3)9-5-4-8(2)13-9/h4-5,7H,6H2,1-3H3. The van der Waals surface area contributed by atoms with Gasteiger partial charge in [0, 0.05) is 15.7 Å². The van der Waals surface area contributed by atoms with Crippen LogP contribution in [0.2, 0.25) is 0 Å². The number of hydrogen-bond donors (Lipinski definition) is 0. The summed E-state index contributed by atoms with van der Waals surface area (Å²) in [7, 11) is 1.43. The first-order chi connectivity index (χ1) is 6.13. The monoisotopic (exact) mass is 198 g/mol. The van der Waals surface area contributed by atoms with Crippen LogP contribution < -0.4 is 0 Å². The molecular formula is C10H14O2S. The SMILES string of the molecule is COC(=O)CC(C)c1ccc(C)s1. The van der Waals surface area contributed by atoms with Gasteiger partial charge >= 0.3 is 5.97 Å². The maximum atomic E-state index is 11.0. The van der Waals surface area contributed by atoms with Gasteiger partial charge in [0.05, 0.1) is 13.5 Å². The average molecular weight is 198 g/mol. The lowest BCUT2D eigenvalue weighted by atomic mass is 10.1. The quantitative estimate of drug-likeness (QED) is 0.698. The third-order valence-corrected chi connectivity index (χ3v) is 3.18. The van der Waals surface area contributed by atoms with E-state index in [0.717, 1.165) is 0 Å². The van der Waals surface area contributed by atoms with Crippen LogP contribution in [0.15, 0.2) is 12.1 Å². The van der Waals surface area contributed by atoms with E-state index in [1.165, 1.54) is 16.9 Å². The lowest BCUT2D eigenvalue weighted by Crippen LogP contribution is -2.04. The van der Waals surface area contributed by atoms with Crippen LogP contribution >= 0.6 is 11.3 Å². The Morgan fingerprint density at radius 3 is 2.77 bits per heavy atom. The number of esters is 1. The van der Waals surface area contributed by atoms with E-state index in [1.54, 1.807) is 11.3 Å². The van der Waals surface area contributed by atoms with Gasteiger partial charge in [0.25, 0.3) is 0 Å². The number of carbonyl (C=O) groups excluding carboxylic acids is 1. The average Bonchev–Trinajstić information content (AvgIpc) is 2.51. The lowest BCUT2D eigenvalue weighted by Gasteiger charge is -2.06. The van der Waals surface area contributed by atoms with E-state index in [2.05, 4.69) is 23.8 Å². The molecule has 0 saturated heterocycles. The van der Waals surface area contributed by atoms with Crippen LogP contribution in [-0.2, 0) is 9.53 Å². The minimum absolute atomic E-state index is 0.140. The maximum Gasteiger partial charge on any atom is 0.306 e. The number of aryl methyl sites for hydroxylation is 1. The molecule has 0 radical (unpaired) electrons. The van der Waals surface area contributed by atoms with Crippen molar-refractivity contribution in [2.24, 2.45) is 0 Å².